The van der Waals surface area contributed by atoms with Gasteiger partial charge in [-0.15, -0.1) is 0 Å². The van der Waals surface area contributed by atoms with Crippen LogP contribution >= 0.6 is 15.9 Å². The van der Waals surface area contributed by atoms with E-state index in [-0.39, 0.29) is 11.9 Å². The molecule has 2 aromatic rings. The van der Waals surface area contributed by atoms with Gasteiger partial charge in [0.05, 0.1) is 0 Å². The minimum Gasteiger partial charge on any atom is -0.374 e. The Morgan fingerprint density at radius 1 is 1.05 bits per heavy atom. The van der Waals surface area contributed by atoms with Crippen LogP contribution in [0.1, 0.15) is 19.4 Å². The lowest BCUT2D eigenvalue weighted by Crippen LogP contribution is -2.31. The van der Waals surface area contributed by atoms with E-state index in [1.165, 1.54) is 5.56 Å². The van der Waals surface area contributed by atoms with E-state index in [1.54, 1.807) is 0 Å². The van der Waals surface area contributed by atoms with Crippen molar-refractivity contribution in [1.29, 1.82) is 0 Å². The van der Waals surface area contributed by atoms with Crippen LogP contribution in [0, 0.1) is 0 Å². The van der Waals surface area contributed by atoms with E-state index in [0.29, 0.717) is 0 Å². The summed E-state index contributed by atoms with van der Waals surface area (Å²) in [5, 5.41) is 6.09. The van der Waals surface area contributed by atoms with E-state index in [0.717, 1.165) is 22.3 Å². The van der Waals surface area contributed by atoms with Crippen molar-refractivity contribution >= 4 is 33.2 Å². The summed E-state index contributed by atoms with van der Waals surface area (Å²) in [6.45, 7) is 3.97. The topological polar surface area (TPSA) is 41.1 Å². The minimum absolute atomic E-state index is 0.0584. The second-order valence-electron chi connectivity index (χ2n) is 4.91. The maximum absolute atomic E-state index is 12.1. The van der Waals surface area contributed by atoms with Crippen molar-refractivity contribution in [3.8, 4) is 0 Å². The van der Waals surface area contributed by atoms with Crippen molar-refractivity contribution in [2.24, 2.45) is 0 Å². The van der Waals surface area contributed by atoms with Gasteiger partial charge in [-0.25, -0.2) is 0 Å². The summed E-state index contributed by atoms with van der Waals surface area (Å²) in [4.78, 5) is 12.1. The fraction of sp³-hybridized carbons (Fsp3) is 0.235. The predicted molar refractivity (Wildman–Crippen MR) is 91.7 cm³/mol. The highest BCUT2D eigenvalue weighted by Gasteiger charge is 2.12. The third kappa shape index (κ3) is 4.60. The zero-order chi connectivity index (χ0) is 15.2. The molecular formula is C17H19BrN2O. The second-order valence-corrected chi connectivity index (χ2v) is 5.83. The van der Waals surface area contributed by atoms with Crippen LogP contribution in [-0.2, 0) is 11.2 Å². The van der Waals surface area contributed by atoms with E-state index in [1.807, 2.05) is 43.3 Å². The first kappa shape index (κ1) is 15.6. The summed E-state index contributed by atoms with van der Waals surface area (Å²) >= 11 is 3.37. The number of benzene rings is 2. The molecule has 1 atom stereocenters. The molecule has 0 spiro atoms. The third-order valence-corrected chi connectivity index (χ3v) is 3.78. The van der Waals surface area contributed by atoms with Crippen molar-refractivity contribution in [3.63, 3.8) is 0 Å². The van der Waals surface area contributed by atoms with Crippen LogP contribution in [0.4, 0.5) is 11.4 Å². The van der Waals surface area contributed by atoms with Gasteiger partial charge in [0, 0.05) is 15.8 Å². The molecule has 0 heterocycles. The van der Waals surface area contributed by atoms with E-state index >= 15 is 0 Å². The fourth-order valence-electron chi connectivity index (χ4n) is 1.94. The number of halogens is 1. The Bertz CT molecular complexity index is 593. The van der Waals surface area contributed by atoms with Gasteiger partial charge in [0.25, 0.3) is 0 Å². The smallest absolute Gasteiger partial charge is 0.246 e. The lowest BCUT2D eigenvalue weighted by molar-refractivity contribution is -0.116. The van der Waals surface area contributed by atoms with Gasteiger partial charge in [-0.05, 0) is 55.3 Å². The van der Waals surface area contributed by atoms with Crippen molar-refractivity contribution < 1.29 is 4.79 Å². The van der Waals surface area contributed by atoms with Crippen LogP contribution in [0.3, 0.4) is 0 Å². The molecule has 0 aliphatic heterocycles. The Labute approximate surface area is 133 Å². The third-order valence-electron chi connectivity index (χ3n) is 3.25. The van der Waals surface area contributed by atoms with Crippen LogP contribution in [0.15, 0.2) is 53.0 Å². The highest BCUT2D eigenvalue weighted by molar-refractivity contribution is 9.10. The Kier molecular flexibility index (Phi) is 5.39. The Morgan fingerprint density at radius 2 is 1.62 bits per heavy atom. The van der Waals surface area contributed by atoms with Crippen molar-refractivity contribution in [3.05, 3.63) is 58.6 Å². The maximum atomic E-state index is 12.1. The molecule has 2 aromatic carbocycles. The molecule has 1 amide bonds. The summed E-state index contributed by atoms with van der Waals surface area (Å²) in [5.74, 6) is -0.0584. The molecule has 21 heavy (non-hydrogen) atoms. The van der Waals surface area contributed by atoms with E-state index in [2.05, 4.69) is 45.6 Å². The number of nitrogens with one attached hydrogen (secondary N) is 2. The van der Waals surface area contributed by atoms with E-state index in [9.17, 15) is 4.79 Å². The van der Waals surface area contributed by atoms with Gasteiger partial charge < -0.3 is 10.6 Å². The van der Waals surface area contributed by atoms with Crippen LogP contribution in [0.25, 0.3) is 0 Å². The lowest BCUT2D eigenvalue weighted by atomic mass is 10.1. The zero-order valence-corrected chi connectivity index (χ0v) is 13.8. The first-order chi connectivity index (χ1) is 10.1. The SMILES string of the molecule is CCc1ccc(NC(C)C(=O)Nc2ccc(Br)cc2)cc1. The molecule has 0 aliphatic carbocycles. The maximum Gasteiger partial charge on any atom is 0.246 e. The molecule has 0 aromatic heterocycles. The monoisotopic (exact) mass is 346 g/mol. The summed E-state index contributed by atoms with van der Waals surface area (Å²) < 4.78 is 0.989. The molecule has 0 fully saturated rings. The number of rotatable bonds is 5. The van der Waals surface area contributed by atoms with Gasteiger partial charge in [0.2, 0.25) is 5.91 Å². The molecule has 3 nitrogen and oxygen atoms in total. The number of hydrogen-bond acceptors (Lipinski definition) is 2. The Hall–Kier alpha value is -1.81. The van der Waals surface area contributed by atoms with Crippen LogP contribution in [0.5, 0.6) is 0 Å². The summed E-state index contributed by atoms with van der Waals surface area (Å²) in [5.41, 5.74) is 3.02. The first-order valence-electron chi connectivity index (χ1n) is 7.00. The summed E-state index contributed by atoms with van der Waals surface area (Å²) in [7, 11) is 0. The highest BCUT2D eigenvalue weighted by Crippen LogP contribution is 2.15. The number of aryl methyl sites for hydroxylation is 1. The lowest BCUT2D eigenvalue weighted by Gasteiger charge is -2.15. The van der Waals surface area contributed by atoms with Gasteiger partial charge in [0.1, 0.15) is 6.04 Å². The quantitative estimate of drug-likeness (QED) is 0.839. The van der Waals surface area contributed by atoms with Crippen molar-refractivity contribution in [2.45, 2.75) is 26.3 Å². The molecule has 0 radical (unpaired) electrons. The normalized spacial score (nSPS) is 11.8. The molecule has 4 heteroatoms. The Balaban J connectivity index is 1.93. The predicted octanol–water partition coefficient (Wildman–Crippen LogP) is 4.45. The standard InChI is InChI=1S/C17H19BrN2O/c1-3-13-4-8-15(9-5-13)19-12(2)17(21)20-16-10-6-14(18)7-11-16/h4-12,19H,3H2,1-2H3,(H,20,21). The summed E-state index contributed by atoms with van der Waals surface area (Å²) in [6.07, 6.45) is 1.01. The molecule has 2 N–H and O–H groups in total. The second kappa shape index (κ2) is 7.27. The number of carbonyl (C=O) groups excluding carboxylic acids is 1. The van der Waals surface area contributed by atoms with Crippen LogP contribution < -0.4 is 10.6 Å². The average Bonchev–Trinajstić information content (AvgIpc) is 2.50. The van der Waals surface area contributed by atoms with Crippen molar-refractivity contribution in [2.75, 3.05) is 10.6 Å². The van der Waals surface area contributed by atoms with Gasteiger partial charge in [0.15, 0.2) is 0 Å². The molecule has 1 unspecified atom stereocenters. The first-order valence-corrected chi connectivity index (χ1v) is 7.79. The Morgan fingerprint density at radius 3 is 2.19 bits per heavy atom. The number of amides is 1. The summed E-state index contributed by atoms with van der Waals surface area (Å²) in [6, 6.07) is 15.4. The van der Waals surface area contributed by atoms with E-state index < -0.39 is 0 Å². The van der Waals surface area contributed by atoms with Crippen LogP contribution in [0.2, 0.25) is 0 Å². The number of hydrogen-bond donors (Lipinski definition) is 2. The van der Waals surface area contributed by atoms with Gasteiger partial charge >= 0.3 is 0 Å². The van der Waals surface area contributed by atoms with E-state index in [4.69, 9.17) is 0 Å². The number of anilines is 2. The van der Waals surface area contributed by atoms with Gasteiger partial charge in [-0.3, -0.25) is 4.79 Å². The fourth-order valence-corrected chi connectivity index (χ4v) is 2.20. The molecule has 0 saturated heterocycles. The highest BCUT2D eigenvalue weighted by atomic mass is 79.9. The molecule has 110 valence electrons. The molecule has 2 rings (SSSR count). The average molecular weight is 347 g/mol. The van der Waals surface area contributed by atoms with Crippen LogP contribution in [-0.4, -0.2) is 11.9 Å². The molecular weight excluding hydrogens is 328 g/mol. The molecule has 0 saturated carbocycles. The van der Waals surface area contributed by atoms with Crippen molar-refractivity contribution in [1.82, 2.24) is 0 Å². The zero-order valence-electron chi connectivity index (χ0n) is 12.2. The largest absolute Gasteiger partial charge is 0.374 e. The van der Waals surface area contributed by atoms with Gasteiger partial charge in [-0.2, -0.15) is 0 Å². The number of carbonyl (C=O) groups is 1. The molecule has 0 bridgehead atoms. The minimum atomic E-state index is -0.305. The molecule has 0 aliphatic rings. The van der Waals surface area contributed by atoms with Gasteiger partial charge in [-0.1, -0.05) is 35.0 Å².